The molecule has 0 spiro atoms. The number of rotatable bonds is 2. The van der Waals surface area contributed by atoms with E-state index in [0.29, 0.717) is 6.04 Å². The molecule has 2 rings (SSSR count). The number of amides is 1. The van der Waals surface area contributed by atoms with Crippen LogP contribution in [0.15, 0.2) is 29.2 Å². The Bertz CT molecular complexity index is 385. The van der Waals surface area contributed by atoms with Crippen molar-refractivity contribution in [1.82, 2.24) is 10.2 Å². The quantitative estimate of drug-likeness (QED) is 0.785. The van der Waals surface area contributed by atoms with Gasteiger partial charge in [0, 0.05) is 23.5 Å². The van der Waals surface area contributed by atoms with Gasteiger partial charge in [-0.25, -0.2) is 0 Å². The van der Waals surface area contributed by atoms with Gasteiger partial charge in [0.2, 0.25) is 0 Å². The zero-order valence-corrected chi connectivity index (χ0v) is 10.9. The third-order valence-corrected chi connectivity index (χ3v) is 3.59. The Morgan fingerprint density at radius 2 is 1.88 bits per heavy atom. The van der Waals surface area contributed by atoms with Crippen molar-refractivity contribution in [3.8, 4) is 0 Å². The molecule has 1 saturated heterocycles. The minimum Gasteiger partial charge on any atom is -0.339 e. The topological polar surface area (TPSA) is 32.3 Å². The van der Waals surface area contributed by atoms with Gasteiger partial charge in [0.15, 0.2) is 0 Å². The summed E-state index contributed by atoms with van der Waals surface area (Å²) in [6, 6.07) is 7.74. The zero-order valence-electron chi connectivity index (χ0n) is 10.0. The predicted octanol–water partition coefficient (Wildman–Crippen LogP) is 1.80. The fraction of sp³-hybridized carbons (Fsp3) is 0.462. The van der Waals surface area contributed by atoms with Crippen LogP contribution in [-0.2, 0) is 0 Å². The highest BCUT2D eigenvalue weighted by atomic mass is 32.1. The highest BCUT2D eigenvalue weighted by Gasteiger charge is 2.22. The van der Waals surface area contributed by atoms with Crippen LogP contribution in [0, 0.1) is 0 Å². The molecule has 0 saturated carbocycles. The Hall–Kier alpha value is -1.00. The summed E-state index contributed by atoms with van der Waals surface area (Å²) < 4.78 is 0. The van der Waals surface area contributed by atoms with E-state index in [1.807, 2.05) is 36.2 Å². The van der Waals surface area contributed by atoms with Crippen LogP contribution in [0.25, 0.3) is 0 Å². The monoisotopic (exact) mass is 250 g/mol. The van der Waals surface area contributed by atoms with E-state index in [2.05, 4.69) is 17.9 Å². The van der Waals surface area contributed by atoms with Crippen molar-refractivity contribution < 1.29 is 4.79 Å². The Morgan fingerprint density at radius 1 is 1.29 bits per heavy atom. The Balaban J connectivity index is 2.05. The number of hydrogen-bond donors (Lipinski definition) is 2. The minimum absolute atomic E-state index is 0.102. The number of piperidine rings is 1. The molecule has 0 aliphatic carbocycles. The third kappa shape index (κ3) is 3.01. The van der Waals surface area contributed by atoms with Crippen LogP contribution in [-0.4, -0.2) is 37.0 Å². The molecule has 1 heterocycles. The number of nitrogens with zero attached hydrogens (tertiary/aromatic N) is 1. The van der Waals surface area contributed by atoms with Crippen LogP contribution in [0.4, 0.5) is 0 Å². The third-order valence-electron chi connectivity index (χ3n) is 3.29. The standard InChI is InChI=1S/C13H18N2OS/c1-15(11-6-8-14-9-7-11)13(16)10-2-4-12(17)5-3-10/h2-5,11,14,17H,6-9H2,1H3. The fourth-order valence-electron chi connectivity index (χ4n) is 2.17. The van der Waals surface area contributed by atoms with Gasteiger partial charge in [0.25, 0.3) is 5.91 Å². The maximum absolute atomic E-state index is 12.2. The van der Waals surface area contributed by atoms with Gasteiger partial charge in [-0.2, -0.15) is 0 Å². The van der Waals surface area contributed by atoms with E-state index in [-0.39, 0.29) is 5.91 Å². The molecule has 17 heavy (non-hydrogen) atoms. The lowest BCUT2D eigenvalue weighted by molar-refractivity contribution is 0.0703. The molecule has 0 unspecified atom stereocenters. The van der Waals surface area contributed by atoms with E-state index in [1.54, 1.807) is 0 Å². The molecule has 1 aliphatic heterocycles. The van der Waals surface area contributed by atoms with Crippen LogP contribution in [0.3, 0.4) is 0 Å². The highest BCUT2D eigenvalue weighted by Crippen LogP contribution is 2.15. The number of thiol groups is 1. The lowest BCUT2D eigenvalue weighted by Crippen LogP contribution is -2.43. The summed E-state index contributed by atoms with van der Waals surface area (Å²) in [5, 5.41) is 3.31. The summed E-state index contributed by atoms with van der Waals surface area (Å²) in [5.41, 5.74) is 0.740. The molecule has 0 bridgehead atoms. The Labute approximate surface area is 108 Å². The average molecular weight is 250 g/mol. The number of nitrogens with one attached hydrogen (secondary N) is 1. The van der Waals surface area contributed by atoms with E-state index in [0.717, 1.165) is 36.4 Å². The van der Waals surface area contributed by atoms with Gasteiger partial charge in [-0.1, -0.05) is 0 Å². The predicted molar refractivity (Wildman–Crippen MR) is 71.7 cm³/mol. The average Bonchev–Trinajstić information content (AvgIpc) is 2.39. The second-order valence-electron chi connectivity index (χ2n) is 4.44. The van der Waals surface area contributed by atoms with Gasteiger partial charge in [0.1, 0.15) is 0 Å². The zero-order chi connectivity index (χ0) is 12.3. The molecule has 1 amide bonds. The van der Waals surface area contributed by atoms with Crippen LogP contribution in [0.5, 0.6) is 0 Å². The van der Waals surface area contributed by atoms with Gasteiger partial charge in [-0.15, -0.1) is 12.6 Å². The number of carbonyl (C=O) groups excluding carboxylic acids is 1. The van der Waals surface area contributed by atoms with Gasteiger partial charge < -0.3 is 10.2 Å². The summed E-state index contributed by atoms with van der Waals surface area (Å²) in [4.78, 5) is 15.0. The lowest BCUT2D eigenvalue weighted by Gasteiger charge is -2.31. The molecule has 1 N–H and O–H groups in total. The molecule has 0 aromatic heterocycles. The van der Waals surface area contributed by atoms with Gasteiger partial charge in [-0.3, -0.25) is 4.79 Å². The molecule has 1 aromatic rings. The summed E-state index contributed by atoms with van der Waals surface area (Å²) in [5.74, 6) is 0.102. The van der Waals surface area contributed by atoms with Crippen LogP contribution < -0.4 is 5.32 Å². The SMILES string of the molecule is CN(C(=O)c1ccc(S)cc1)C1CCNCC1. The first-order valence-corrected chi connectivity index (χ1v) is 6.40. The fourth-order valence-corrected chi connectivity index (χ4v) is 2.32. The maximum Gasteiger partial charge on any atom is 0.253 e. The molecular formula is C13H18N2OS. The van der Waals surface area contributed by atoms with Gasteiger partial charge in [-0.05, 0) is 50.2 Å². The van der Waals surface area contributed by atoms with Crippen molar-refractivity contribution in [2.75, 3.05) is 20.1 Å². The molecular weight excluding hydrogens is 232 g/mol. The number of benzene rings is 1. The molecule has 92 valence electrons. The molecule has 0 atom stereocenters. The van der Waals surface area contributed by atoms with E-state index in [1.165, 1.54) is 0 Å². The summed E-state index contributed by atoms with van der Waals surface area (Å²) in [6.45, 7) is 2.00. The first-order valence-electron chi connectivity index (χ1n) is 5.95. The molecule has 4 heteroatoms. The van der Waals surface area contributed by atoms with Crippen LogP contribution in [0.1, 0.15) is 23.2 Å². The van der Waals surface area contributed by atoms with Crippen molar-refractivity contribution >= 4 is 18.5 Å². The van der Waals surface area contributed by atoms with E-state index in [4.69, 9.17) is 0 Å². The second-order valence-corrected chi connectivity index (χ2v) is 4.96. The largest absolute Gasteiger partial charge is 0.339 e. The minimum atomic E-state index is 0.102. The van der Waals surface area contributed by atoms with Gasteiger partial charge in [0.05, 0.1) is 0 Å². The first-order chi connectivity index (χ1) is 8.18. The van der Waals surface area contributed by atoms with E-state index >= 15 is 0 Å². The summed E-state index contributed by atoms with van der Waals surface area (Å²) >= 11 is 4.22. The highest BCUT2D eigenvalue weighted by molar-refractivity contribution is 7.80. The maximum atomic E-state index is 12.2. The van der Waals surface area contributed by atoms with Crippen LogP contribution in [0.2, 0.25) is 0 Å². The first kappa shape index (κ1) is 12.5. The van der Waals surface area contributed by atoms with Crippen molar-refractivity contribution in [2.24, 2.45) is 0 Å². The number of hydrogen-bond acceptors (Lipinski definition) is 3. The molecule has 1 aliphatic rings. The van der Waals surface area contributed by atoms with Gasteiger partial charge >= 0.3 is 0 Å². The van der Waals surface area contributed by atoms with E-state index in [9.17, 15) is 4.79 Å². The van der Waals surface area contributed by atoms with Crippen molar-refractivity contribution in [3.63, 3.8) is 0 Å². The number of carbonyl (C=O) groups is 1. The Kier molecular flexibility index (Phi) is 4.07. The summed E-state index contributed by atoms with van der Waals surface area (Å²) in [6.07, 6.45) is 2.07. The Morgan fingerprint density at radius 3 is 2.47 bits per heavy atom. The van der Waals surface area contributed by atoms with Crippen molar-refractivity contribution in [2.45, 2.75) is 23.8 Å². The van der Waals surface area contributed by atoms with Crippen LogP contribution >= 0.6 is 12.6 Å². The molecule has 0 radical (unpaired) electrons. The normalized spacial score (nSPS) is 16.8. The van der Waals surface area contributed by atoms with Crippen molar-refractivity contribution in [1.29, 1.82) is 0 Å². The second kappa shape index (κ2) is 5.56. The molecule has 1 fully saturated rings. The smallest absolute Gasteiger partial charge is 0.253 e. The van der Waals surface area contributed by atoms with Crippen molar-refractivity contribution in [3.05, 3.63) is 29.8 Å². The molecule has 3 nitrogen and oxygen atoms in total. The van der Waals surface area contributed by atoms with E-state index < -0.39 is 0 Å². The molecule has 1 aromatic carbocycles. The lowest BCUT2D eigenvalue weighted by atomic mass is 10.0. The summed E-state index contributed by atoms with van der Waals surface area (Å²) in [7, 11) is 1.90.